The van der Waals surface area contributed by atoms with Crippen molar-refractivity contribution in [3.8, 4) is 5.75 Å². The van der Waals surface area contributed by atoms with E-state index in [1.165, 1.54) is 5.56 Å². The molecule has 0 bridgehead atoms. The lowest BCUT2D eigenvalue weighted by molar-refractivity contribution is 0.315. The van der Waals surface area contributed by atoms with Gasteiger partial charge in [0, 0.05) is 11.5 Å². The number of fused-ring (bicyclic) bond motifs is 1. The van der Waals surface area contributed by atoms with Gasteiger partial charge in [0.15, 0.2) is 0 Å². The van der Waals surface area contributed by atoms with Crippen molar-refractivity contribution in [2.45, 2.75) is 19.8 Å². The average Bonchev–Trinajstić information content (AvgIpc) is 2.65. The van der Waals surface area contributed by atoms with E-state index in [2.05, 4.69) is 18.1 Å². The van der Waals surface area contributed by atoms with Gasteiger partial charge in [-0.25, -0.2) is 0 Å². The molecule has 1 unspecified atom stereocenters. The second kappa shape index (κ2) is 3.93. The maximum atomic E-state index is 9.03. The van der Waals surface area contributed by atoms with E-state index in [1.54, 1.807) is 7.11 Å². The summed E-state index contributed by atoms with van der Waals surface area (Å²) in [5, 5.41) is 12.4. The van der Waals surface area contributed by atoms with Crippen LogP contribution < -0.4 is 4.74 Å². The minimum atomic E-state index is 0.345. The first kappa shape index (κ1) is 10.0. The number of methoxy groups -OCH3 is 1. The zero-order valence-electron chi connectivity index (χ0n) is 9.03. The van der Waals surface area contributed by atoms with E-state index < -0.39 is 0 Å². The van der Waals surface area contributed by atoms with E-state index in [0.29, 0.717) is 5.92 Å². The molecule has 0 aromatic heterocycles. The summed E-state index contributed by atoms with van der Waals surface area (Å²) < 4.78 is 5.16. The van der Waals surface area contributed by atoms with E-state index in [-0.39, 0.29) is 0 Å². The Hall–Kier alpha value is -1.51. The lowest BCUT2D eigenvalue weighted by atomic mass is 10.0. The van der Waals surface area contributed by atoms with Crippen LogP contribution in [-0.2, 0) is 6.42 Å². The number of hydrogen-bond donors (Lipinski definition) is 1. The van der Waals surface area contributed by atoms with Gasteiger partial charge in [-0.1, -0.05) is 18.1 Å². The zero-order chi connectivity index (χ0) is 10.8. The molecule has 1 atom stereocenters. The fraction of sp³-hybridized carbons (Fsp3) is 0.417. The monoisotopic (exact) mass is 205 g/mol. The van der Waals surface area contributed by atoms with Gasteiger partial charge in [-0.15, -0.1) is 0 Å². The van der Waals surface area contributed by atoms with Gasteiger partial charge in [0.2, 0.25) is 0 Å². The maximum Gasteiger partial charge on any atom is 0.119 e. The van der Waals surface area contributed by atoms with Crippen molar-refractivity contribution in [2.24, 2.45) is 11.1 Å². The molecule has 0 amide bonds. The predicted molar refractivity (Wildman–Crippen MR) is 58.8 cm³/mol. The lowest BCUT2D eigenvalue weighted by Crippen LogP contribution is -2.08. The quantitative estimate of drug-likeness (QED) is 0.595. The van der Waals surface area contributed by atoms with E-state index in [4.69, 9.17) is 9.94 Å². The molecule has 3 nitrogen and oxygen atoms in total. The molecule has 1 N–H and O–H groups in total. The first-order valence-electron chi connectivity index (χ1n) is 5.19. The maximum absolute atomic E-state index is 9.03. The molecule has 0 saturated heterocycles. The smallest absolute Gasteiger partial charge is 0.119 e. The Morgan fingerprint density at radius 1 is 1.53 bits per heavy atom. The number of hydrogen-bond acceptors (Lipinski definition) is 3. The van der Waals surface area contributed by atoms with Crippen molar-refractivity contribution < 1.29 is 9.94 Å². The summed E-state index contributed by atoms with van der Waals surface area (Å²) in [6.45, 7) is 2.11. The molecule has 0 heterocycles. The Labute approximate surface area is 89.4 Å². The largest absolute Gasteiger partial charge is 0.497 e. The van der Waals surface area contributed by atoms with Gasteiger partial charge < -0.3 is 9.94 Å². The normalized spacial score (nSPS) is 21.7. The molecule has 2 rings (SSSR count). The molecule has 3 heteroatoms. The van der Waals surface area contributed by atoms with Gasteiger partial charge in [0.1, 0.15) is 5.75 Å². The Kier molecular flexibility index (Phi) is 2.62. The third kappa shape index (κ3) is 1.58. The highest BCUT2D eigenvalue weighted by molar-refractivity contribution is 6.06. The van der Waals surface area contributed by atoms with Crippen molar-refractivity contribution in [1.29, 1.82) is 0 Å². The van der Waals surface area contributed by atoms with Crippen molar-refractivity contribution in [3.05, 3.63) is 29.3 Å². The standard InChI is InChI=1S/C12H15NO2/c1-3-8-6-9-4-5-10(15-2)7-11(9)12(8)13-14/h4-5,7-8,14H,3,6H2,1-2H3/b13-12-. The summed E-state index contributed by atoms with van der Waals surface area (Å²) in [5.74, 6) is 1.16. The third-order valence-electron chi connectivity index (χ3n) is 3.05. The highest BCUT2D eigenvalue weighted by Crippen LogP contribution is 2.31. The van der Waals surface area contributed by atoms with E-state index in [1.807, 2.05) is 12.1 Å². The van der Waals surface area contributed by atoms with E-state index in [9.17, 15) is 0 Å². The van der Waals surface area contributed by atoms with Crippen LogP contribution in [0.15, 0.2) is 23.4 Å². The van der Waals surface area contributed by atoms with Gasteiger partial charge in [0.25, 0.3) is 0 Å². The molecule has 0 saturated carbocycles. The summed E-state index contributed by atoms with van der Waals surface area (Å²) in [7, 11) is 1.64. The van der Waals surface area contributed by atoms with Gasteiger partial charge in [-0.2, -0.15) is 0 Å². The summed E-state index contributed by atoms with van der Waals surface area (Å²) in [6.07, 6.45) is 1.96. The second-order valence-corrected chi connectivity index (χ2v) is 3.82. The number of ether oxygens (including phenoxy) is 1. The molecule has 1 aliphatic rings. The molecular formula is C12H15NO2. The minimum absolute atomic E-state index is 0.345. The van der Waals surface area contributed by atoms with Gasteiger partial charge >= 0.3 is 0 Å². The third-order valence-corrected chi connectivity index (χ3v) is 3.05. The van der Waals surface area contributed by atoms with Gasteiger partial charge in [0.05, 0.1) is 12.8 Å². The number of rotatable bonds is 2. The van der Waals surface area contributed by atoms with Crippen LogP contribution >= 0.6 is 0 Å². The van der Waals surface area contributed by atoms with Crippen molar-refractivity contribution >= 4 is 5.71 Å². The van der Waals surface area contributed by atoms with Gasteiger partial charge in [-0.05, 0) is 30.5 Å². The highest BCUT2D eigenvalue weighted by Gasteiger charge is 2.27. The molecule has 15 heavy (non-hydrogen) atoms. The van der Waals surface area contributed by atoms with E-state index >= 15 is 0 Å². The molecule has 80 valence electrons. The lowest BCUT2D eigenvalue weighted by Gasteiger charge is -2.05. The number of nitrogens with zero attached hydrogens (tertiary/aromatic N) is 1. The number of oxime groups is 1. The van der Waals surface area contributed by atoms with Crippen LogP contribution in [0.25, 0.3) is 0 Å². The topological polar surface area (TPSA) is 41.8 Å². The summed E-state index contributed by atoms with van der Waals surface area (Å²) >= 11 is 0. The Balaban J connectivity index is 2.45. The van der Waals surface area contributed by atoms with Crippen LogP contribution in [0.1, 0.15) is 24.5 Å². The fourth-order valence-corrected chi connectivity index (χ4v) is 2.15. The first-order valence-corrected chi connectivity index (χ1v) is 5.19. The molecule has 1 aliphatic carbocycles. The number of benzene rings is 1. The fourth-order valence-electron chi connectivity index (χ4n) is 2.15. The minimum Gasteiger partial charge on any atom is -0.497 e. The van der Waals surface area contributed by atoms with Crippen LogP contribution in [0, 0.1) is 5.92 Å². The van der Waals surface area contributed by atoms with Crippen LogP contribution in [0.3, 0.4) is 0 Å². The Bertz CT molecular complexity index is 399. The second-order valence-electron chi connectivity index (χ2n) is 3.82. The first-order chi connectivity index (χ1) is 7.30. The molecule has 0 fully saturated rings. The van der Waals surface area contributed by atoms with Crippen LogP contribution in [-0.4, -0.2) is 18.0 Å². The van der Waals surface area contributed by atoms with Crippen LogP contribution in [0.5, 0.6) is 5.75 Å². The van der Waals surface area contributed by atoms with Crippen LogP contribution in [0.2, 0.25) is 0 Å². The molecule has 1 aromatic carbocycles. The van der Waals surface area contributed by atoms with E-state index in [0.717, 1.165) is 29.9 Å². The molecular weight excluding hydrogens is 190 g/mol. The Morgan fingerprint density at radius 3 is 2.93 bits per heavy atom. The van der Waals surface area contributed by atoms with Crippen molar-refractivity contribution in [1.82, 2.24) is 0 Å². The van der Waals surface area contributed by atoms with Crippen molar-refractivity contribution in [2.75, 3.05) is 7.11 Å². The molecule has 1 aromatic rings. The summed E-state index contributed by atoms with van der Waals surface area (Å²) in [5.41, 5.74) is 3.07. The highest BCUT2D eigenvalue weighted by atomic mass is 16.5. The molecule has 0 spiro atoms. The van der Waals surface area contributed by atoms with Gasteiger partial charge in [-0.3, -0.25) is 0 Å². The average molecular weight is 205 g/mol. The molecule has 0 radical (unpaired) electrons. The SMILES string of the molecule is CCC1Cc2ccc(OC)cc2/C1=N\O. The summed E-state index contributed by atoms with van der Waals surface area (Å²) in [4.78, 5) is 0. The molecule has 0 aliphatic heterocycles. The van der Waals surface area contributed by atoms with Crippen LogP contribution in [0.4, 0.5) is 0 Å². The summed E-state index contributed by atoms with van der Waals surface area (Å²) in [6, 6.07) is 5.95. The zero-order valence-corrected chi connectivity index (χ0v) is 9.03. The van der Waals surface area contributed by atoms with Crippen molar-refractivity contribution in [3.63, 3.8) is 0 Å². The predicted octanol–water partition coefficient (Wildman–Crippen LogP) is 2.46. The Morgan fingerprint density at radius 2 is 2.33 bits per heavy atom.